The molecule has 0 radical (unpaired) electrons. The number of rotatable bonds is 5. The monoisotopic (exact) mass is 335 g/mol. The van der Waals surface area contributed by atoms with Crippen LogP contribution in [0.4, 0.5) is 0 Å². The van der Waals surface area contributed by atoms with Crippen LogP contribution in [0.2, 0.25) is 0 Å². The molecule has 1 unspecified atom stereocenters. The second-order valence-corrected chi connectivity index (χ2v) is 6.08. The summed E-state index contributed by atoms with van der Waals surface area (Å²) in [5.74, 6) is 0.164. The van der Waals surface area contributed by atoms with Gasteiger partial charge in [0.25, 0.3) is 0 Å². The summed E-state index contributed by atoms with van der Waals surface area (Å²) >= 11 is 0. The van der Waals surface area contributed by atoms with Crippen LogP contribution >= 0.6 is 0 Å². The molecule has 26 heavy (non-hydrogen) atoms. The Morgan fingerprint density at radius 1 is 0.808 bits per heavy atom. The Morgan fingerprint density at radius 3 is 1.96 bits per heavy atom. The first-order valence-electron chi connectivity index (χ1n) is 8.76. The van der Waals surface area contributed by atoms with Gasteiger partial charge in [-0.05, 0) is 40.8 Å². The average molecular weight is 335 g/mol. The molecule has 0 heterocycles. The number of hydrogen-bond acceptors (Lipinski definition) is 1. The van der Waals surface area contributed by atoms with Gasteiger partial charge in [-0.15, -0.1) is 0 Å². The molecule has 0 spiro atoms. The summed E-state index contributed by atoms with van der Waals surface area (Å²) in [5.41, 5.74) is 6.06. The van der Waals surface area contributed by atoms with E-state index in [-0.39, 0.29) is 5.92 Å². The second kappa shape index (κ2) is 8.65. The van der Waals surface area contributed by atoms with Crippen molar-refractivity contribution < 1.29 is 0 Å². The van der Waals surface area contributed by atoms with Gasteiger partial charge in [0, 0.05) is 12.0 Å². The number of nitriles is 1. The van der Waals surface area contributed by atoms with Crippen LogP contribution in [0.1, 0.15) is 35.1 Å². The number of benzene rings is 3. The first kappa shape index (κ1) is 17.5. The van der Waals surface area contributed by atoms with Crippen molar-refractivity contribution in [3.63, 3.8) is 0 Å². The predicted octanol–water partition coefficient (Wildman–Crippen LogP) is 6.46. The molecule has 1 heteroatoms. The van der Waals surface area contributed by atoms with Crippen molar-refractivity contribution >= 4 is 11.6 Å². The fraction of sp³-hybridized carbons (Fsp3) is 0.0800. The molecule has 3 aromatic carbocycles. The summed E-state index contributed by atoms with van der Waals surface area (Å²) in [7, 11) is 0. The van der Waals surface area contributed by atoms with E-state index in [9.17, 15) is 0 Å². The van der Waals surface area contributed by atoms with Crippen LogP contribution in [0.3, 0.4) is 0 Å². The molecule has 0 aliphatic heterocycles. The maximum atomic E-state index is 8.71. The Kier molecular flexibility index (Phi) is 5.80. The predicted molar refractivity (Wildman–Crippen MR) is 109 cm³/mol. The van der Waals surface area contributed by atoms with Gasteiger partial charge in [0.05, 0.1) is 6.07 Å². The largest absolute Gasteiger partial charge is 0.193 e. The van der Waals surface area contributed by atoms with Gasteiger partial charge in [0.1, 0.15) is 0 Å². The lowest BCUT2D eigenvalue weighted by molar-refractivity contribution is 1.04. The lowest BCUT2D eigenvalue weighted by atomic mass is 9.81. The standard InChI is InChI=1S/C25H21N/c1-2-24(21-11-5-3-6-12-21)25(22-13-7-4-8-14-22)23-17-15-20(16-18-23)10-9-19-26/h2-18,25H,1H3. The van der Waals surface area contributed by atoms with Crippen LogP contribution in [0.25, 0.3) is 11.6 Å². The molecule has 0 aliphatic rings. The van der Waals surface area contributed by atoms with Gasteiger partial charge >= 0.3 is 0 Å². The molecule has 0 saturated heterocycles. The zero-order chi connectivity index (χ0) is 18.2. The number of hydrogen-bond donors (Lipinski definition) is 0. The maximum Gasteiger partial charge on any atom is 0.0912 e. The Balaban J connectivity index is 2.07. The fourth-order valence-electron chi connectivity index (χ4n) is 3.26. The van der Waals surface area contributed by atoms with Crippen LogP contribution < -0.4 is 0 Å². The van der Waals surface area contributed by atoms with E-state index in [4.69, 9.17) is 5.26 Å². The van der Waals surface area contributed by atoms with Gasteiger partial charge in [0.15, 0.2) is 0 Å². The van der Waals surface area contributed by atoms with E-state index in [1.54, 1.807) is 0 Å². The third kappa shape index (κ3) is 3.99. The van der Waals surface area contributed by atoms with E-state index in [1.165, 1.54) is 28.3 Å². The molecule has 3 rings (SSSR count). The Labute approximate surface area is 155 Å². The molecule has 0 aliphatic carbocycles. The minimum Gasteiger partial charge on any atom is -0.193 e. The van der Waals surface area contributed by atoms with Gasteiger partial charge in [-0.2, -0.15) is 5.26 Å². The van der Waals surface area contributed by atoms with Crippen molar-refractivity contribution in [2.24, 2.45) is 0 Å². The molecule has 126 valence electrons. The molecule has 1 atom stereocenters. The summed E-state index contributed by atoms with van der Waals surface area (Å²) in [6.45, 7) is 2.10. The van der Waals surface area contributed by atoms with E-state index in [0.717, 1.165) is 5.56 Å². The molecule has 0 N–H and O–H groups in total. The lowest BCUT2D eigenvalue weighted by Gasteiger charge is -2.22. The smallest absolute Gasteiger partial charge is 0.0912 e. The zero-order valence-corrected chi connectivity index (χ0v) is 14.8. The molecule has 1 nitrogen and oxygen atoms in total. The first-order chi connectivity index (χ1) is 12.8. The van der Waals surface area contributed by atoms with Crippen LogP contribution in [-0.2, 0) is 0 Å². The van der Waals surface area contributed by atoms with Gasteiger partial charge in [0.2, 0.25) is 0 Å². The average Bonchev–Trinajstić information content (AvgIpc) is 2.72. The fourth-order valence-corrected chi connectivity index (χ4v) is 3.26. The van der Waals surface area contributed by atoms with Crippen molar-refractivity contribution in [2.75, 3.05) is 0 Å². The number of nitrogens with zero attached hydrogens (tertiary/aromatic N) is 1. The van der Waals surface area contributed by atoms with Gasteiger partial charge in [-0.3, -0.25) is 0 Å². The minimum atomic E-state index is 0.164. The summed E-state index contributed by atoms with van der Waals surface area (Å²) in [4.78, 5) is 0. The molecular formula is C25H21N. The van der Waals surface area contributed by atoms with Crippen LogP contribution in [-0.4, -0.2) is 0 Å². The van der Waals surface area contributed by atoms with E-state index < -0.39 is 0 Å². The van der Waals surface area contributed by atoms with Crippen LogP contribution in [0.5, 0.6) is 0 Å². The highest BCUT2D eigenvalue weighted by Gasteiger charge is 2.19. The Bertz CT molecular complexity index is 927. The number of allylic oxidation sites excluding steroid dienone is 3. The molecular weight excluding hydrogens is 314 g/mol. The van der Waals surface area contributed by atoms with Crippen molar-refractivity contribution in [1.82, 2.24) is 0 Å². The topological polar surface area (TPSA) is 23.8 Å². The maximum absolute atomic E-state index is 8.71. The molecule has 0 fully saturated rings. The lowest BCUT2D eigenvalue weighted by Crippen LogP contribution is -2.04. The van der Waals surface area contributed by atoms with E-state index in [1.807, 2.05) is 24.3 Å². The second-order valence-electron chi connectivity index (χ2n) is 6.08. The van der Waals surface area contributed by atoms with Crippen molar-refractivity contribution in [2.45, 2.75) is 12.8 Å². The third-order valence-electron chi connectivity index (χ3n) is 4.48. The van der Waals surface area contributed by atoms with Crippen molar-refractivity contribution in [3.8, 4) is 6.07 Å². The van der Waals surface area contributed by atoms with Crippen molar-refractivity contribution in [3.05, 3.63) is 119 Å². The molecule has 0 saturated carbocycles. The van der Waals surface area contributed by atoms with Gasteiger partial charge in [-0.1, -0.05) is 91.0 Å². The molecule has 0 amide bonds. The summed E-state index contributed by atoms with van der Waals surface area (Å²) in [6, 6.07) is 31.6. The van der Waals surface area contributed by atoms with E-state index >= 15 is 0 Å². The van der Waals surface area contributed by atoms with Crippen LogP contribution in [0.15, 0.2) is 97.1 Å². The SMILES string of the molecule is CC=C(c1ccccc1)C(c1ccccc1)c1ccc(C=CC#N)cc1. The highest BCUT2D eigenvalue weighted by Crippen LogP contribution is 2.37. The van der Waals surface area contributed by atoms with Crippen LogP contribution in [0, 0.1) is 11.3 Å². The van der Waals surface area contributed by atoms with Gasteiger partial charge in [-0.25, -0.2) is 0 Å². The van der Waals surface area contributed by atoms with E-state index in [0.29, 0.717) is 0 Å². The zero-order valence-electron chi connectivity index (χ0n) is 14.8. The molecule has 0 bridgehead atoms. The Morgan fingerprint density at radius 2 is 1.38 bits per heavy atom. The summed E-state index contributed by atoms with van der Waals surface area (Å²) in [6.07, 6.45) is 5.54. The van der Waals surface area contributed by atoms with E-state index in [2.05, 4.69) is 85.8 Å². The summed E-state index contributed by atoms with van der Waals surface area (Å²) < 4.78 is 0. The third-order valence-corrected chi connectivity index (χ3v) is 4.48. The normalized spacial score (nSPS) is 12.7. The first-order valence-corrected chi connectivity index (χ1v) is 8.76. The Hall–Kier alpha value is -3.37. The van der Waals surface area contributed by atoms with Gasteiger partial charge < -0.3 is 0 Å². The highest BCUT2D eigenvalue weighted by molar-refractivity contribution is 5.75. The minimum absolute atomic E-state index is 0.164. The summed E-state index contributed by atoms with van der Waals surface area (Å²) in [5, 5.41) is 8.71. The quantitative estimate of drug-likeness (QED) is 0.491. The van der Waals surface area contributed by atoms with Crippen molar-refractivity contribution in [1.29, 1.82) is 5.26 Å². The molecule has 0 aromatic heterocycles. The highest BCUT2D eigenvalue weighted by atomic mass is 14.2. The molecule has 3 aromatic rings.